The summed E-state index contributed by atoms with van der Waals surface area (Å²) in [7, 11) is 1.76. The van der Waals surface area contributed by atoms with Crippen molar-refractivity contribution in [2.75, 3.05) is 18.9 Å². The van der Waals surface area contributed by atoms with Gasteiger partial charge in [0.15, 0.2) is 5.54 Å². The number of rotatable bonds is 5. The number of halogens is 3. The molecule has 0 aliphatic carbocycles. The van der Waals surface area contributed by atoms with Crippen LogP contribution in [0.5, 0.6) is 5.75 Å². The molecule has 1 saturated heterocycles. The Balaban J connectivity index is 1.46. The average Bonchev–Trinajstić information content (AvgIpc) is 3.29. The summed E-state index contributed by atoms with van der Waals surface area (Å²) in [5, 5.41) is 16.4. The van der Waals surface area contributed by atoms with Crippen LogP contribution < -0.4 is 10.1 Å². The molecular formula is C25H20BrCl2N3O4. The number of para-hydroxylation sites is 1. The van der Waals surface area contributed by atoms with Crippen LogP contribution in [0.3, 0.4) is 0 Å². The number of benzene rings is 3. The fraction of sp³-hybridized carbons (Fsp3) is 0.240. The second kappa shape index (κ2) is 9.09. The average molecular weight is 577 g/mol. The number of hydrogen-bond acceptors (Lipinski definition) is 5. The highest BCUT2D eigenvalue weighted by atomic mass is 79.9. The molecule has 3 aromatic rings. The summed E-state index contributed by atoms with van der Waals surface area (Å²) >= 11 is 15.7. The predicted molar refractivity (Wildman–Crippen MR) is 138 cm³/mol. The molecule has 5 rings (SSSR count). The second-order valence-corrected chi connectivity index (χ2v) is 10.4. The highest BCUT2D eigenvalue weighted by Gasteiger charge is 2.68. The van der Waals surface area contributed by atoms with E-state index in [0.717, 1.165) is 11.1 Å². The van der Waals surface area contributed by atoms with Gasteiger partial charge < -0.3 is 10.1 Å². The van der Waals surface area contributed by atoms with Gasteiger partial charge in [0, 0.05) is 38.3 Å². The second-order valence-electron chi connectivity index (χ2n) is 8.70. The molecule has 2 heterocycles. The maximum absolute atomic E-state index is 13.2. The summed E-state index contributed by atoms with van der Waals surface area (Å²) in [5.41, 5.74) is 1.40. The van der Waals surface area contributed by atoms with Crippen molar-refractivity contribution in [3.05, 3.63) is 102 Å². The number of likely N-dealkylation sites (tertiary alicyclic amines) is 1. The van der Waals surface area contributed by atoms with Gasteiger partial charge in [0.25, 0.3) is 11.9 Å². The van der Waals surface area contributed by atoms with Crippen LogP contribution in [0.4, 0.5) is 5.69 Å². The number of nitro groups is 1. The number of carbonyl (C=O) groups is 1. The highest BCUT2D eigenvalue weighted by molar-refractivity contribution is 9.10. The summed E-state index contributed by atoms with van der Waals surface area (Å²) in [6.45, 7) is 0.581. The van der Waals surface area contributed by atoms with Crippen molar-refractivity contribution in [3.8, 4) is 5.75 Å². The molecule has 180 valence electrons. The molecule has 1 N–H and O–H groups in total. The monoisotopic (exact) mass is 575 g/mol. The molecular weight excluding hydrogens is 557 g/mol. The Labute approximate surface area is 220 Å². The Bertz CT molecular complexity index is 1350. The van der Waals surface area contributed by atoms with Gasteiger partial charge in [-0.25, -0.2) is 0 Å². The SMILES string of the molecule is CN1C[C@H](c2ccc(OCc3ccc(Cl)cc3Cl)c(Br)c2)[C@H]([N+](=O)[O-])[C@]12C(=O)Nc1ccccc12. The molecule has 2 aliphatic rings. The van der Waals surface area contributed by atoms with Crippen LogP contribution in [0.2, 0.25) is 10.0 Å². The summed E-state index contributed by atoms with van der Waals surface area (Å²) in [6, 6.07) is 16.6. The Kier molecular flexibility index (Phi) is 6.25. The fourth-order valence-electron chi connectivity index (χ4n) is 5.24. The molecule has 1 amide bonds. The lowest BCUT2D eigenvalue weighted by Gasteiger charge is -2.30. The van der Waals surface area contributed by atoms with Crippen molar-refractivity contribution in [3.63, 3.8) is 0 Å². The summed E-state index contributed by atoms with van der Waals surface area (Å²) in [5.74, 6) is -0.310. The Morgan fingerprint density at radius 2 is 1.97 bits per heavy atom. The van der Waals surface area contributed by atoms with Gasteiger partial charge in [0.2, 0.25) is 0 Å². The van der Waals surface area contributed by atoms with Crippen LogP contribution in [0.15, 0.2) is 65.1 Å². The van der Waals surface area contributed by atoms with Gasteiger partial charge in [0.05, 0.1) is 10.4 Å². The van der Waals surface area contributed by atoms with Gasteiger partial charge in [-0.3, -0.25) is 19.8 Å². The van der Waals surface area contributed by atoms with Crippen LogP contribution in [0, 0.1) is 10.1 Å². The number of fused-ring (bicyclic) bond motifs is 2. The first-order chi connectivity index (χ1) is 16.7. The van der Waals surface area contributed by atoms with Crippen LogP contribution in [-0.2, 0) is 16.9 Å². The summed E-state index contributed by atoms with van der Waals surface area (Å²) < 4.78 is 6.59. The van der Waals surface area contributed by atoms with E-state index in [2.05, 4.69) is 21.2 Å². The van der Waals surface area contributed by atoms with Crippen LogP contribution in [0.1, 0.15) is 22.6 Å². The minimum atomic E-state index is -1.38. The zero-order valence-electron chi connectivity index (χ0n) is 18.5. The summed E-state index contributed by atoms with van der Waals surface area (Å²) in [4.78, 5) is 27.2. The van der Waals surface area contributed by atoms with Gasteiger partial charge in [-0.05, 0) is 58.9 Å². The van der Waals surface area contributed by atoms with E-state index in [1.165, 1.54) is 0 Å². The van der Waals surface area contributed by atoms with Gasteiger partial charge in [0.1, 0.15) is 12.4 Å². The van der Waals surface area contributed by atoms with Crippen LogP contribution >= 0.6 is 39.1 Å². The molecule has 1 fully saturated rings. The molecule has 0 saturated carbocycles. The predicted octanol–water partition coefficient (Wildman–Crippen LogP) is 5.86. The maximum Gasteiger partial charge on any atom is 0.256 e. The van der Waals surface area contributed by atoms with Crippen molar-refractivity contribution in [1.29, 1.82) is 0 Å². The normalized spacial score (nSPS) is 23.4. The van der Waals surface area contributed by atoms with Crippen LogP contribution in [-0.4, -0.2) is 35.4 Å². The summed E-state index contributed by atoms with van der Waals surface area (Å²) in [6.07, 6.45) is 0. The van der Waals surface area contributed by atoms with Crippen molar-refractivity contribution in [1.82, 2.24) is 4.90 Å². The number of nitrogens with one attached hydrogen (secondary N) is 1. The lowest BCUT2D eigenvalue weighted by molar-refractivity contribution is -0.534. The molecule has 2 aliphatic heterocycles. The van der Waals surface area contributed by atoms with Gasteiger partial charge in [-0.2, -0.15) is 0 Å². The van der Waals surface area contributed by atoms with E-state index >= 15 is 0 Å². The number of anilines is 1. The molecule has 0 aromatic heterocycles. The van der Waals surface area contributed by atoms with Crippen LogP contribution in [0.25, 0.3) is 0 Å². The molecule has 0 radical (unpaired) electrons. The number of nitrogens with zero attached hydrogens (tertiary/aromatic N) is 2. The van der Waals surface area contributed by atoms with E-state index in [1.807, 2.05) is 12.1 Å². The van der Waals surface area contributed by atoms with E-state index in [9.17, 15) is 14.9 Å². The largest absolute Gasteiger partial charge is 0.488 e. The van der Waals surface area contributed by atoms with E-state index in [4.69, 9.17) is 27.9 Å². The molecule has 3 aromatic carbocycles. The first-order valence-electron chi connectivity index (χ1n) is 10.9. The zero-order valence-corrected chi connectivity index (χ0v) is 21.6. The van der Waals surface area contributed by atoms with Crippen molar-refractivity contribution < 1.29 is 14.5 Å². The molecule has 1 spiro atoms. The third kappa shape index (κ3) is 3.89. The van der Waals surface area contributed by atoms with Gasteiger partial charge in [-0.15, -0.1) is 0 Å². The first kappa shape index (κ1) is 24.1. The molecule has 35 heavy (non-hydrogen) atoms. The van der Waals surface area contributed by atoms with E-state index in [1.54, 1.807) is 60.5 Å². The Morgan fingerprint density at radius 1 is 1.20 bits per heavy atom. The number of ether oxygens (including phenoxy) is 1. The van der Waals surface area contributed by atoms with E-state index in [0.29, 0.717) is 38.1 Å². The number of hydrogen-bond donors (Lipinski definition) is 1. The maximum atomic E-state index is 13.2. The number of carbonyl (C=O) groups excluding carboxylic acids is 1. The van der Waals surface area contributed by atoms with Crippen molar-refractivity contribution >= 4 is 50.7 Å². The fourth-order valence-corrected chi connectivity index (χ4v) is 6.21. The molecule has 0 bridgehead atoms. The van der Waals surface area contributed by atoms with Crippen molar-refractivity contribution in [2.24, 2.45) is 0 Å². The Morgan fingerprint density at radius 3 is 2.69 bits per heavy atom. The molecule has 10 heteroatoms. The lowest BCUT2D eigenvalue weighted by atomic mass is 9.79. The highest BCUT2D eigenvalue weighted by Crippen LogP contribution is 2.52. The first-order valence-corrected chi connectivity index (χ1v) is 12.4. The Hall–Kier alpha value is -2.65. The molecule has 0 unspecified atom stereocenters. The third-order valence-electron chi connectivity index (χ3n) is 6.82. The minimum Gasteiger partial charge on any atom is -0.488 e. The standard InChI is InChI=1S/C25H20BrCl2N3O4/c1-30-12-17(23(31(33)34)25(30)18-4-2-3-5-21(18)29-24(25)32)14-7-9-22(19(26)10-14)35-13-15-6-8-16(27)11-20(15)28/h2-11,17,23H,12-13H2,1H3,(H,29,32)/t17-,23+,25-/m1/s1. The zero-order chi connectivity index (χ0) is 24.9. The van der Waals surface area contributed by atoms with Gasteiger partial charge >= 0.3 is 0 Å². The number of amides is 1. The minimum absolute atomic E-state index is 0.234. The number of likely N-dealkylation sites (N-methyl/N-ethyl adjacent to an activating group) is 1. The van der Waals surface area contributed by atoms with E-state index in [-0.39, 0.29) is 17.4 Å². The molecule has 7 nitrogen and oxygen atoms in total. The smallest absolute Gasteiger partial charge is 0.256 e. The molecule has 3 atom stereocenters. The van der Waals surface area contributed by atoms with E-state index < -0.39 is 17.5 Å². The van der Waals surface area contributed by atoms with Crippen molar-refractivity contribution in [2.45, 2.75) is 24.1 Å². The van der Waals surface area contributed by atoms with Gasteiger partial charge in [-0.1, -0.05) is 53.5 Å². The lowest BCUT2D eigenvalue weighted by Crippen LogP contribution is -2.54. The quantitative estimate of drug-likeness (QED) is 0.304. The topological polar surface area (TPSA) is 84.7 Å². The third-order valence-corrected chi connectivity index (χ3v) is 8.03.